The topological polar surface area (TPSA) is 52.6 Å². The van der Waals surface area contributed by atoms with Gasteiger partial charge in [0.25, 0.3) is 0 Å². The first-order valence-corrected chi connectivity index (χ1v) is 17.5. The molecule has 0 aliphatic carbocycles. The molecule has 0 aromatic heterocycles. The number of benzene rings is 2. The number of rotatable bonds is 9. The van der Waals surface area contributed by atoms with Gasteiger partial charge in [0.05, 0.1) is 0 Å². The van der Waals surface area contributed by atoms with Crippen molar-refractivity contribution < 1.29 is 15.6 Å². The van der Waals surface area contributed by atoms with Gasteiger partial charge in [-0.1, -0.05) is 0 Å². The summed E-state index contributed by atoms with van der Waals surface area (Å²) in [5.41, 5.74) is 3.09. The van der Waals surface area contributed by atoms with Gasteiger partial charge in [0.1, 0.15) is 0 Å². The Labute approximate surface area is 193 Å². The van der Waals surface area contributed by atoms with Crippen LogP contribution in [0.2, 0.25) is 0 Å². The van der Waals surface area contributed by atoms with Crippen LogP contribution in [0.1, 0.15) is 66.5 Å². The zero-order chi connectivity index (χ0) is 23.6. The SMILES string of the molecule is CC=[CH][Sb]([CH]=CC)([CH]=CC)([O]C(=O)c1ccc(CC)cc1)[O]C(=O)c1ccc(CC)cc1. The Balaban J connectivity index is 2.54. The molecule has 2 aromatic carbocycles. The van der Waals surface area contributed by atoms with E-state index in [-0.39, 0.29) is 0 Å². The molecule has 0 atom stereocenters. The first-order chi connectivity index (χ1) is 15.3. The van der Waals surface area contributed by atoms with Crippen LogP contribution in [0.4, 0.5) is 0 Å². The van der Waals surface area contributed by atoms with Crippen molar-refractivity contribution in [3.63, 3.8) is 0 Å². The van der Waals surface area contributed by atoms with Gasteiger partial charge in [0.2, 0.25) is 0 Å². The van der Waals surface area contributed by atoms with Crippen molar-refractivity contribution in [3.8, 4) is 0 Å². The van der Waals surface area contributed by atoms with Crippen LogP contribution in [0, 0.1) is 0 Å². The molecule has 0 aliphatic rings. The van der Waals surface area contributed by atoms with Gasteiger partial charge in [-0.05, 0) is 0 Å². The van der Waals surface area contributed by atoms with E-state index in [9.17, 15) is 9.59 Å². The van der Waals surface area contributed by atoms with Crippen LogP contribution in [0.3, 0.4) is 0 Å². The van der Waals surface area contributed by atoms with Gasteiger partial charge in [-0.25, -0.2) is 0 Å². The Morgan fingerprint density at radius 1 is 0.656 bits per heavy atom. The molecule has 0 bridgehead atoms. The molecule has 32 heavy (non-hydrogen) atoms. The van der Waals surface area contributed by atoms with Crippen molar-refractivity contribution in [1.82, 2.24) is 0 Å². The predicted molar refractivity (Wildman–Crippen MR) is 133 cm³/mol. The number of aryl methyl sites for hydroxylation is 2. The van der Waals surface area contributed by atoms with E-state index >= 15 is 0 Å². The van der Waals surface area contributed by atoms with Gasteiger partial charge < -0.3 is 0 Å². The third-order valence-corrected chi connectivity index (χ3v) is 15.8. The van der Waals surface area contributed by atoms with Crippen LogP contribution in [0.5, 0.6) is 0 Å². The van der Waals surface area contributed by atoms with E-state index in [1.807, 2.05) is 45.0 Å². The monoisotopic (exact) mass is 542 g/mol. The molecule has 0 saturated carbocycles. The molecule has 2 aromatic rings. The zero-order valence-electron chi connectivity index (χ0n) is 19.6. The number of hydrogen-bond donors (Lipinski definition) is 0. The van der Waals surface area contributed by atoms with Crippen molar-refractivity contribution in [1.29, 1.82) is 0 Å². The van der Waals surface area contributed by atoms with Crippen LogP contribution in [-0.4, -0.2) is 30.2 Å². The summed E-state index contributed by atoms with van der Waals surface area (Å²) in [5.74, 6) is -1.03. The third-order valence-electron chi connectivity index (χ3n) is 5.08. The molecular weight excluding hydrogens is 510 g/mol. The van der Waals surface area contributed by atoms with Gasteiger partial charge in [-0.2, -0.15) is 0 Å². The summed E-state index contributed by atoms with van der Waals surface area (Å²) in [6.07, 6.45) is 7.10. The van der Waals surface area contributed by atoms with E-state index in [2.05, 4.69) is 13.8 Å². The fourth-order valence-corrected chi connectivity index (χ4v) is 13.1. The molecule has 0 amide bonds. The first-order valence-electron chi connectivity index (χ1n) is 11.0. The van der Waals surface area contributed by atoms with Crippen LogP contribution < -0.4 is 0 Å². The summed E-state index contributed by atoms with van der Waals surface area (Å²) in [7, 11) is 0. The number of allylic oxidation sites excluding steroid dienone is 3. The normalized spacial score (nSPS) is 13.3. The summed E-state index contributed by atoms with van der Waals surface area (Å²) in [5, 5.41) is 0. The van der Waals surface area contributed by atoms with Gasteiger partial charge in [0.15, 0.2) is 0 Å². The summed E-state index contributed by atoms with van der Waals surface area (Å²) in [6.45, 7) is 9.59. The van der Waals surface area contributed by atoms with Gasteiger partial charge in [0, 0.05) is 0 Å². The van der Waals surface area contributed by atoms with Crippen molar-refractivity contribution in [2.24, 2.45) is 0 Å². The fourth-order valence-electron chi connectivity index (χ4n) is 3.45. The molecule has 2 rings (SSSR count). The standard InChI is InChI=1S/2C9H10O2.3C3H5.Sb/c2*1-2-7-3-5-8(6-4-7)9(10)11;3*1-3-2;/h2*3-6H,2H2,1H3,(H,10,11);3*1,3H,2H3;/q;;;;;+2/p-2. The van der Waals surface area contributed by atoms with Crippen molar-refractivity contribution in [3.05, 3.63) is 101 Å². The van der Waals surface area contributed by atoms with E-state index in [4.69, 9.17) is 6.03 Å². The van der Waals surface area contributed by atoms with Crippen LogP contribution in [-0.2, 0) is 18.9 Å². The minimum absolute atomic E-state index is 0.419. The van der Waals surface area contributed by atoms with E-state index in [0.29, 0.717) is 11.1 Å². The van der Waals surface area contributed by atoms with E-state index in [0.717, 1.165) is 24.0 Å². The molecule has 5 heteroatoms. The molecule has 0 fully saturated rings. The average Bonchev–Trinajstić information content (AvgIpc) is 2.79. The second-order valence-corrected chi connectivity index (χ2v) is 17.6. The maximum atomic E-state index is 13.2. The van der Waals surface area contributed by atoms with Crippen LogP contribution in [0.25, 0.3) is 0 Å². The summed E-state index contributed by atoms with van der Waals surface area (Å²) < 4.78 is 17.7. The minimum atomic E-state index is -5.15. The third kappa shape index (κ3) is 6.01. The van der Waals surface area contributed by atoms with E-state index in [1.165, 1.54) is 0 Å². The molecule has 0 N–H and O–H groups in total. The number of carbonyl (C=O) groups excluding carboxylic acids is 2. The molecule has 0 aliphatic heterocycles. The molecular formula is C27H33O4Sb. The summed E-state index contributed by atoms with van der Waals surface area (Å²) in [4.78, 5) is 26.5. The van der Waals surface area contributed by atoms with Gasteiger partial charge in [-0.15, -0.1) is 0 Å². The Morgan fingerprint density at radius 2 is 0.969 bits per heavy atom. The molecule has 0 saturated heterocycles. The number of hydrogen-bond acceptors (Lipinski definition) is 4. The Bertz CT molecular complexity index is 915. The second-order valence-electron chi connectivity index (χ2n) is 7.46. The van der Waals surface area contributed by atoms with Crippen LogP contribution >= 0.6 is 0 Å². The molecule has 0 unspecified atom stereocenters. The number of carbonyl (C=O) groups is 2. The molecule has 0 heterocycles. The van der Waals surface area contributed by atoms with Gasteiger partial charge in [-0.3, -0.25) is 0 Å². The van der Waals surface area contributed by atoms with Gasteiger partial charge >= 0.3 is 194 Å². The fraction of sp³-hybridized carbons (Fsp3) is 0.259. The van der Waals surface area contributed by atoms with E-state index < -0.39 is 30.2 Å². The molecule has 0 spiro atoms. The summed E-state index contributed by atoms with van der Waals surface area (Å²) >= 11 is -5.15. The van der Waals surface area contributed by atoms with Crippen molar-refractivity contribution in [2.75, 3.05) is 0 Å². The van der Waals surface area contributed by atoms with Crippen molar-refractivity contribution in [2.45, 2.75) is 47.5 Å². The predicted octanol–water partition coefficient (Wildman–Crippen LogP) is 6.57. The zero-order valence-corrected chi connectivity index (χ0v) is 22.1. The second kappa shape index (κ2) is 11.3. The Morgan fingerprint density at radius 3 is 1.22 bits per heavy atom. The summed E-state index contributed by atoms with van der Waals surface area (Å²) in [6, 6.07) is 14.6. The van der Waals surface area contributed by atoms with Crippen molar-refractivity contribution >= 4 is 30.2 Å². The Kier molecular flexibility index (Phi) is 9.09. The molecule has 0 radical (unpaired) electrons. The average molecular weight is 543 g/mol. The maximum absolute atomic E-state index is 13.2. The quantitative estimate of drug-likeness (QED) is 0.336. The van der Waals surface area contributed by atoms with E-state index in [1.54, 1.807) is 54.6 Å². The molecule has 4 nitrogen and oxygen atoms in total. The first kappa shape index (κ1) is 25.7. The molecule has 170 valence electrons. The van der Waals surface area contributed by atoms with Crippen LogP contribution in [0.15, 0.2) is 78.8 Å². The Hall–Kier alpha value is -2.58.